The molecule has 33 heavy (non-hydrogen) atoms. The van der Waals surface area contributed by atoms with E-state index in [0.717, 1.165) is 37.0 Å². The number of methoxy groups -OCH3 is 1. The van der Waals surface area contributed by atoms with Crippen LogP contribution >= 0.6 is 0 Å². The molecule has 1 saturated heterocycles. The highest BCUT2D eigenvalue weighted by atomic mass is 16.5. The second-order valence-corrected chi connectivity index (χ2v) is 8.59. The average molecular weight is 450 g/mol. The number of carbonyl (C=O) groups is 2. The Morgan fingerprint density at radius 2 is 1.88 bits per heavy atom. The minimum absolute atomic E-state index is 0.0800. The first-order chi connectivity index (χ1) is 16.1. The largest absolute Gasteiger partial charge is 0.367 e. The van der Waals surface area contributed by atoms with Gasteiger partial charge in [-0.1, -0.05) is 35.5 Å². The van der Waals surface area contributed by atoms with Crippen molar-refractivity contribution in [1.82, 2.24) is 19.8 Å². The molecule has 1 aliphatic heterocycles. The monoisotopic (exact) mass is 449 g/mol. The zero-order valence-electron chi connectivity index (χ0n) is 18.5. The van der Waals surface area contributed by atoms with Crippen LogP contribution in [0.2, 0.25) is 0 Å². The van der Waals surface area contributed by atoms with Gasteiger partial charge in [0, 0.05) is 38.2 Å². The molecule has 2 aromatic heterocycles. The van der Waals surface area contributed by atoms with Gasteiger partial charge in [-0.2, -0.15) is 5.10 Å². The van der Waals surface area contributed by atoms with E-state index in [1.165, 1.54) is 7.11 Å². The number of likely N-dealkylation sites (tertiary alicyclic amines) is 1. The summed E-state index contributed by atoms with van der Waals surface area (Å²) in [7, 11) is 1.52. The fraction of sp³-hybridized carbons (Fsp3) is 0.417. The van der Waals surface area contributed by atoms with Gasteiger partial charge in [-0.25, -0.2) is 4.68 Å². The lowest BCUT2D eigenvalue weighted by molar-refractivity contribution is -0.126. The van der Waals surface area contributed by atoms with Gasteiger partial charge in [0.2, 0.25) is 0 Å². The minimum atomic E-state index is -0.711. The van der Waals surface area contributed by atoms with Gasteiger partial charge < -0.3 is 19.5 Å². The Hall–Kier alpha value is -3.46. The van der Waals surface area contributed by atoms with Crippen molar-refractivity contribution in [1.29, 1.82) is 0 Å². The summed E-state index contributed by atoms with van der Waals surface area (Å²) < 4.78 is 12.6. The minimum Gasteiger partial charge on any atom is -0.367 e. The summed E-state index contributed by atoms with van der Waals surface area (Å²) in [6, 6.07) is 13.0. The number of anilines is 1. The number of rotatable bonds is 7. The Morgan fingerprint density at radius 1 is 1.12 bits per heavy atom. The molecule has 1 aromatic carbocycles. The first-order valence-corrected chi connectivity index (χ1v) is 11.3. The van der Waals surface area contributed by atoms with E-state index >= 15 is 0 Å². The molecular weight excluding hydrogens is 422 g/mol. The molecule has 0 spiro atoms. The van der Waals surface area contributed by atoms with Crippen molar-refractivity contribution in [2.24, 2.45) is 0 Å². The standard InChI is InChI=1S/C24H27N5O4/c1-32-22(17-5-3-2-4-6-17)23(30)26-21-9-12-25-29(21)18-10-13-28(14-11-18)24(31)19-15-20(33-27-19)16-7-8-16/h2-6,9,12,15-16,18,22H,7-8,10-11,13-14H2,1H3,(H,26,30)/t22-/m1/s1. The van der Waals surface area contributed by atoms with Gasteiger partial charge in [-0.05, 0) is 31.2 Å². The molecule has 3 aromatic rings. The van der Waals surface area contributed by atoms with Gasteiger partial charge in [-0.3, -0.25) is 9.59 Å². The SMILES string of the molecule is CO[C@@H](C(=O)Nc1ccnn1C1CCN(C(=O)c2cc(C3CC3)on2)CC1)c1ccccc1. The second kappa shape index (κ2) is 9.19. The molecule has 0 radical (unpaired) electrons. The normalized spacial score (nSPS) is 17.7. The lowest BCUT2D eigenvalue weighted by Crippen LogP contribution is -2.39. The zero-order chi connectivity index (χ0) is 22.8. The third-order valence-electron chi connectivity index (χ3n) is 6.32. The first-order valence-electron chi connectivity index (χ1n) is 11.3. The highest BCUT2D eigenvalue weighted by molar-refractivity contribution is 5.94. The van der Waals surface area contributed by atoms with Crippen LogP contribution in [0.3, 0.4) is 0 Å². The summed E-state index contributed by atoms with van der Waals surface area (Å²) in [6.07, 6.45) is 4.64. The number of hydrogen-bond donors (Lipinski definition) is 1. The number of hydrogen-bond acceptors (Lipinski definition) is 6. The van der Waals surface area contributed by atoms with Gasteiger partial charge in [0.25, 0.3) is 11.8 Å². The van der Waals surface area contributed by atoms with Crippen LogP contribution in [0.15, 0.2) is 53.2 Å². The van der Waals surface area contributed by atoms with E-state index in [9.17, 15) is 9.59 Å². The number of aromatic nitrogens is 3. The second-order valence-electron chi connectivity index (χ2n) is 8.59. The molecule has 1 saturated carbocycles. The van der Waals surface area contributed by atoms with Crippen LogP contribution in [-0.4, -0.2) is 51.9 Å². The van der Waals surface area contributed by atoms with E-state index < -0.39 is 6.10 Å². The fourth-order valence-electron chi connectivity index (χ4n) is 4.34. The lowest BCUT2D eigenvalue weighted by atomic mass is 10.0. The van der Waals surface area contributed by atoms with E-state index in [2.05, 4.69) is 15.6 Å². The molecule has 0 bridgehead atoms. The van der Waals surface area contributed by atoms with Gasteiger partial charge >= 0.3 is 0 Å². The molecule has 1 atom stereocenters. The Labute approximate surface area is 191 Å². The molecule has 2 amide bonds. The number of ether oxygens (including phenoxy) is 1. The van der Waals surface area contributed by atoms with Crippen LogP contribution in [0.4, 0.5) is 5.82 Å². The molecule has 3 heterocycles. The fourth-order valence-corrected chi connectivity index (χ4v) is 4.34. The van der Waals surface area contributed by atoms with E-state index in [4.69, 9.17) is 9.26 Å². The van der Waals surface area contributed by atoms with Crippen molar-refractivity contribution in [3.05, 3.63) is 65.7 Å². The van der Waals surface area contributed by atoms with Crippen molar-refractivity contribution in [2.75, 3.05) is 25.5 Å². The molecule has 2 fully saturated rings. The van der Waals surface area contributed by atoms with Crippen LogP contribution in [0, 0.1) is 0 Å². The van der Waals surface area contributed by atoms with Crippen LogP contribution in [0.5, 0.6) is 0 Å². The maximum atomic E-state index is 12.9. The Bertz CT molecular complexity index is 1110. The van der Waals surface area contributed by atoms with Crippen LogP contribution in [0.1, 0.15) is 65.6 Å². The van der Waals surface area contributed by atoms with Gasteiger partial charge in [0.15, 0.2) is 11.8 Å². The summed E-state index contributed by atoms with van der Waals surface area (Å²) in [5, 5.41) is 11.4. The molecule has 1 N–H and O–H groups in total. The summed E-state index contributed by atoms with van der Waals surface area (Å²) in [6.45, 7) is 1.18. The van der Waals surface area contributed by atoms with Crippen LogP contribution in [0.25, 0.3) is 0 Å². The van der Waals surface area contributed by atoms with Gasteiger partial charge in [0.1, 0.15) is 11.6 Å². The summed E-state index contributed by atoms with van der Waals surface area (Å²) >= 11 is 0. The first kappa shape index (κ1) is 21.4. The zero-order valence-corrected chi connectivity index (χ0v) is 18.5. The smallest absolute Gasteiger partial charge is 0.276 e. The highest BCUT2D eigenvalue weighted by Gasteiger charge is 2.32. The Morgan fingerprint density at radius 3 is 2.58 bits per heavy atom. The Kier molecular flexibility index (Phi) is 5.95. The van der Waals surface area contributed by atoms with E-state index in [1.54, 1.807) is 18.3 Å². The van der Waals surface area contributed by atoms with Crippen LogP contribution in [-0.2, 0) is 9.53 Å². The number of nitrogens with zero attached hydrogens (tertiary/aromatic N) is 4. The molecule has 0 unspecified atom stereocenters. The molecule has 9 nitrogen and oxygen atoms in total. The molecule has 9 heteroatoms. The quantitative estimate of drug-likeness (QED) is 0.592. The number of amides is 2. The van der Waals surface area contributed by atoms with E-state index in [-0.39, 0.29) is 17.9 Å². The average Bonchev–Trinajstić information content (AvgIpc) is 3.39. The summed E-state index contributed by atoms with van der Waals surface area (Å²) in [5.74, 6) is 1.51. The highest BCUT2D eigenvalue weighted by Crippen LogP contribution is 2.40. The van der Waals surface area contributed by atoms with Crippen LogP contribution < -0.4 is 5.32 Å². The maximum absolute atomic E-state index is 12.9. The number of benzene rings is 1. The van der Waals surface area contributed by atoms with E-state index in [1.807, 2.05) is 39.9 Å². The molecular formula is C24H27N5O4. The predicted molar refractivity (Wildman–Crippen MR) is 120 cm³/mol. The molecule has 2 aliphatic rings. The Balaban J connectivity index is 1.21. The molecule has 1 aliphatic carbocycles. The van der Waals surface area contributed by atoms with Gasteiger partial charge in [-0.15, -0.1) is 0 Å². The van der Waals surface area contributed by atoms with Gasteiger partial charge in [0.05, 0.1) is 12.2 Å². The number of nitrogens with one attached hydrogen (secondary N) is 1. The summed E-state index contributed by atoms with van der Waals surface area (Å²) in [4.78, 5) is 27.5. The lowest BCUT2D eigenvalue weighted by Gasteiger charge is -2.32. The summed E-state index contributed by atoms with van der Waals surface area (Å²) in [5.41, 5.74) is 1.17. The van der Waals surface area contributed by atoms with Crippen molar-refractivity contribution >= 4 is 17.6 Å². The number of piperidine rings is 1. The molecule has 5 rings (SSSR count). The van der Waals surface area contributed by atoms with E-state index in [0.29, 0.717) is 30.5 Å². The van der Waals surface area contributed by atoms with Crippen molar-refractivity contribution in [2.45, 2.75) is 43.7 Å². The van der Waals surface area contributed by atoms with Crippen molar-refractivity contribution in [3.8, 4) is 0 Å². The topological polar surface area (TPSA) is 102 Å². The molecule has 172 valence electrons. The maximum Gasteiger partial charge on any atom is 0.276 e. The predicted octanol–water partition coefficient (Wildman–Crippen LogP) is 3.55. The number of carbonyl (C=O) groups excluding carboxylic acids is 2. The third kappa shape index (κ3) is 4.54. The third-order valence-corrected chi connectivity index (χ3v) is 6.32. The van der Waals surface area contributed by atoms with Crippen molar-refractivity contribution in [3.63, 3.8) is 0 Å². The van der Waals surface area contributed by atoms with Crippen molar-refractivity contribution < 1.29 is 18.8 Å².